The Morgan fingerprint density at radius 2 is 1.91 bits per heavy atom. The molecule has 0 aromatic heterocycles. The minimum absolute atomic E-state index is 0.0556. The van der Waals surface area contributed by atoms with Crippen molar-refractivity contribution in [2.45, 2.75) is 44.6 Å². The van der Waals surface area contributed by atoms with Crippen LogP contribution in [0.3, 0.4) is 0 Å². The lowest BCUT2D eigenvalue weighted by Gasteiger charge is -2.25. The lowest BCUT2D eigenvalue weighted by Crippen LogP contribution is -2.33. The Labute approximate surface area is 135 Å². The van der Waals surface area contributed by atoms with Gasteiger partial charge in [0.2, 0.25) is 5.91 Å². The van der Waals surface area contributed by atoms with Crippen LogP contribution in [0.5, 0.6) is 0 Å². The molecule has 1 aliphatic carbocycles. The van der Waals surface area contributed by atoms with Crippen LogP contribution in [-0.4, -0.2) is 29.4 Å². The zero-order chi connectivity index (χ0) is 15.9. The molecule has 2 atom stereocenters. The molecule has 0 aliphatic heterocycles. The smallest absolute Gasteiger partial charge is 0.220 e. The first-order chi connectivity index (χ1) is 10.5. The van der Waals surface area contributed by atoms with Crippen LogP contribution in [0.4, 0.5) is 0 Å². The summed E-state index contributed by atoms with van der Waals surface area (Å²) in [6.45, 7) is 0.588. The highest BCUT2D eigenvalue weighted by atomic mass is 35.5. The molecule has 1 fully saturated rings. The Bertz CT molecular complexity index is 515. The zero-order valence-electron chi connectivity index (χ0n) is 12.6. The van der Waals surface area contributed by atoms with Crippen LogP contribution >= 0.6 is 11.6 Å². The van der Waals surface area contributed by atoms with Gasteiger partial charge in [0.1, 0.15) is 0 Å². The summed E-state index contributed by atoms with van der Waals surface area (Å²) >= 11 is 5.78. The number of benzene rings is 1. The van der Waals surface area contributed by atoms with Crippen LogP contribution in [0.2, 0.25) is 5.02 Å². The quantitative estimate of drug-likeness (QED) is 0.791. The number of rotatable bonds is 6. The number of halogens is 1. The van der Waals surface area contributed by atoms with Gasteiger partial charge in [-0.25, -0.2) is 0 Å². The molecule has 0 saturated heterocycles. The van der Waals surface area contributed by atoms with Gasteiger partial charge >= 0.3 is 0 Å². The van der Waals surface area contributed by atoms with E-state index < -0.39 is 0 Å². The average Bonchev–Trinajstić information content (AvgIpc) is 2.51. The van der Waals surface area contributed by atoms with Crippen molar-refractivity contribution >= 4 is 23.3 Å². The van der Waals surface area contributed by atoms with Crippen molar-refractivity contribution in [2.75, 3.05) is 6.54 Å². The summed E-state index contributed by atoms with van der Waals surface area (Å²) < 4.78 is 0. The highest BCUT2D eigenvalue weighted by Gasteiger charge is 2.20. The van der Waals surface area contributed by atoms with E-state index in [1.165, 1.54) is 0 Å². The van der Waals surface area contributed by atoms with E-state index in [2.05, 4.69) is 5.32 Å². The van der Waals surface area contributed by atoms with E-state index in [9.17, 15) is 14.7 Å². The number of nitrogens with one attached hydrogen (secondary N) is 1. The minimum Gasteiger partial charge on any atom is -0.393 e. The molecule has 120 valence electrons. The molecule has 0 heterocycles. The van der Waals surface area contributed by atoms with Crippen molar-refractivity contribution in [3.05, 3.63) is 34.9 Å². The predicted octanol–water partition coefficient (Wildman–Crippen LogP) is 2.97. The molecular weight excluding hydrogens is 302 g/mol. The van der Waals surface area contributed by atoms with Gasteiger partial charge in [-0.3, -0.25) is 9.59 Å². The van der Waals surface area contributed by atoms with Crippen molar-refractivity contribution in [1.82, 2.24) is 5.32 Å². The largest absolute Gasteiger partial charge is 0.393 e. The maximum atomic E-state index is 12.0. The second-order valence-corrected chi connectivity index (χ2v) is 6.36. The van der Waals surface area contributed by atoms with Gasteiger partial charge in [0.05, 0.1) is 6.10 Å². The molecule has 2 rings (SSSR count). The second kappa shape index (κ2) is 8.30. The summed E-state index contributed by atoms with van der Waals surface area (Å²) in [6, 6.07) is 6.68. The van der Waals surface area contributed by atoms with Crippen LogP contribution in [0.25, 0.3) is 0 Å². The van der Waals surface area contributed by atoms with E-state index in [0.717, 1.165) is 25.7 Å². The molecule has 0 spiro atoms. The topological polar surface area (TPSA) is 66.4 Å². The van der Waals surface area contributed by atoms with Crippen LogP contribution in [-0.2, 0) is 4.79 Å². The molecular formula is C17H22ClNO3. The number of hydrogen-bond donors (Lipinski definition) is 2. The third-order valence-electron chi connectivity index (χ3n) is 4.09. The van der Waals surface area contributed by atoms with Crippen molar-refractivity contribution in [3.8, 4) is 0 Å². The van der Waals surface area contributed by atoms with E-state index in [1.807, 2.05) is 0 Å². The van der Waals surface area contributed by atoms with Gasteiger partial charge in [-0.1, -0.05) is 18.0 Å². The molecule has 1 saturated carbocycles. The van der Waals surface area contributed by atoms with Crippen molar-refractivity contribution in [2.24, 2.45) is 5.92 Å². The highest BCUT2D eigenvalue weighted by Crippen LogP contribution is 2.23. The first kappa shape index (κ1) is 17.0. The second-order valence-electron chi connectivity index (χ2n) is 5.92. The molecule has 2 N–H and O–H groups in total. The number of amides is 1. The molecule has 2 unspecified atom stereocenters. The summed E-state index contributed by atoms with van der Waals surface area (Å²) in [6.07, 6.45) is 3.82. The molecule has 1 amide bonds. The number of aliphatic hydroxyl groups excluding tert-OH is 1. The zero-order valence-corrected chi connectivity index (χ0v) is 13.3. The Kier molecular flexibility index (Phi) is 6.40. The van der Waals surface area contributed by atoms with Gasteiger partial charge in [0.15, 0.2) is 5.78 Å². The Balaban J connectivity index is 1.69. The van der Waals surface area contributed by atoms with Gasteiger partial charge in [0.25, 0.3) is 0 Å². The van der Waals surface area contributed by atoms with Crippen molar-refractivity contribution in [1.29, 1.82) is 0 Å². The lowest BCUT2D eigenvalue weighted by molar-refractivity contribution is -0.121. The van der Waals surface area contributed by atoms with Crippen LogP contribution < -0.4 is 5.32 Å². The molecule has 1 aromatic carbocycles. The van der Waals surface area contributed by atoms with E-state index in [4.69, 9.17) is 11.6 Å². The van der Waals surface area contributed by atoms with Crippen molar-refractivity contribution in [3.63, 3.8) is 0 Å². The molecule has 0 bridgehead atoms. The predicted molar refractivity (Wildman–Crippen MR) is 86.0 cm³/mol. The van der Waals surface area contributed by atoms with E-state index in [0.29, 0.717) is 23.0 Å². The van der Waals surface area contributed by atoms with Gasteiger partial charge in [-0.15, -0.1) is 0 Å². The maximum absolute atomic E-state index is 12.0. The number of carbonyl (C=O) groups is 2. The summed E-state index contributed by atoms with van der Waals surface area (Å²) in [4.78, 5) is 23.8. The van der Waals surface area contributed by atoms with Gasteiger partial charge in [-0.05, 0) is 49.4 Å². The Morgan fingerprint density at radius 3 is 2.59 bits per heavy atom. The van der Waals surface area contributed by atoms with E-state index >= 15 is 0 Å². The van der Waals surface area contributed by atoms with Gasteiger partial charge in [-0.2, -0.15) is 0 Å². The van der Waals surface area contributed by atoms with Crippen LogP contribution in [0.1, 0.15) is 48.9 Å². The fourth-order valence-electron chi connectivity index (χ4n) is 2.80. The molecule has 22 heavy (non-hydrogen) atoms. The first-order valence-electron chi connectivity index (χ1n) is 7.78. The van der Waals surface area contributed by atoms with E-state index in [-0.39, 0.29) is 30.6 Å². The first-order valence-corrected chi connectivity index (χ1v) is 8.16. The third-order valence-corrected chi connectivity index (χ3v) is 4.34. The number of carbonyl (C=O) groups excluding carboxylic acids is 2. The lowest BCUT2D eigenvalue weighted by atomic mass is 9.87. The number of ketones is 1. The molecule has 0 radical (unpaired) electrons. The maximum Gasteiger partial charge on any atom is 0.220 e. The summed E-state index contributed by atoms with van der Waals surface area (Å²) in [7, 11) is 0. The minimum atomic E-state index is -0.234. The summed E-state index contributed by atoms with van der Waals surface area (Å²) in [5.41, 5.74) is 0.576. The fourth-order valence-corrected chi connectivity index (χ4v) is 2.93. The molecule has 1 aliphatic rings. The standard InChI is InChI=1S/C17H22ClNO3/c18-14-6-4-13(5-7-14)16(21)8-9-17(22)19-11-12-2-1-3-15(20)10-12/h4-7,12,15,20H,1-3,8-11H2,(H,19,22). The fraction of sp³-hybridized carbons (Fsp3) is 0.529. The summed E-state index contributed by atoms with van der Waals surface area (Å²) in [5.74, 6) is 0.182. The Morgan fingerprint density at radius 1 is 1.18 bits per heavy atom. The van der Waals surface area contributed by atoms with Crippen LogP contribution in [0, 0.1) is 5.92 Å². The molecule has 4 nitrogen and oxygen atoms in total. The van der Waals surface area contributed by atoms with E-state index in [1.54, 1.807) is 24.3 Å². The van der Waals surface area contributed by atoms with Crippen molar-refractivity contribution < 1.29 is 14.7 Å². The van der Waals surface area contributed by atoms with Crippen LogP contribution in [0.15, 0.2) is 24.3 Å². The van der Waals surface area contributed by atoms with Gasteiger partial charge < -0.3 is 10.4 Å². The summed E-state index contributed by atoms with van der Waals surface area (Å²) in [5, 5.41) is 13.1. The number of Topliss-reactive ketones (excluding diaryl/α,β-unsaturated/α-hetero) is 1. The number of hydrogen-bond acceptors (Lipinski definition) is 3. The normalized spacial score (nSPS) is 21.4. The SMILES string of the molecule is O=C(CCC(=O)c1ccc(Cl)cc1)NCC1CCCC(O)C1. The number of aliphatic hydroxyl groups is 1. The molecule has 1 aromatic rings. The Hall–Kier alpha value is -1.39. The van der Waals surface area contributed by atoms with Gasteiger partial charge in [0, 0.05) is 30.0 Å². The monoisotopic (exact) mass is 323 g/mol. The average molecular weight is 324 g/mol. The molecule has 5 heteroatoms. The third kappa shape index (κ3) is 5.43. The highest BCUT2D eigenvalue weighted by molar-refractivity contribution is 6.30.